The molecule has 0 spiro atoms. The molecular formula is C4H17O7-. The highest BCUT2D eigenvalue weighted by atomic mass is 16.4. The number of aliphatic carboxylic acids is 1. The van der Waals surface area contributed by atoms with Crippen LogP contribution in [0.5, 0.6) is 0 Å². The van der Waals surface area contributed by atoms with Crippen LogP contribution in [0.4, 0.5) is 0 Å². The molecule has 11 heavy (non-hydrogen) atoms. The Morgan fingerprint density at radius 3 is 1.36 bits per heavy atom. The molecule has 0 aromatic rings. The minimum Gasteiger partial charge on any atom is -0.550 e. The minimum atomic E-state index is -0.961. The Bertz CT molecular complexity index is 54.4. The molecule has 76 valence electrons. The van der Waals surface area contributed by atoms with E-state index in [9.17, 15) is 9.90 Å². The van der Waals surface area contributed by atoms with Gasteiger partial charge in [0.05, 0.1) is 0 Å². The molecule has 0 aliphatic heterocycles. The van der Waals surface area contributed by atoms with E-state index in [1.54, 1.807) is 6.92 Å². The van der Waals surface area contributed by atoms with Gasteiger partial charge in [0.2, 0.25) is 0 Å². The molecule has 0 saturated carbocycles. The summed E-state index contributed by atoms with van der Waals surface area (Å²) in [5, 5.41) is 9.49. The van der Waals surface area contributed by atoms with Crippen molar-refractivity contribution in [3.05, 3.63) is 0 Å². The van der Waals surface area contributed by atoms with Crippen molar-refractivity contribution in [2.75, 3.05) is 0 Å². The zero-order chi connectivity index (χ0) is 4.99. The van der Waals surface area contributed by atoms with E-state index in [-0.39, 0.29) is 33.8 Å². The van der Waals surface area contributed by atoms with Crippen molar-refractivity contribution in [1.82, 2.24) is 0 Å². The second-order valence-corrected chi connectivity index (χ2v) is 1.12. The lowest BCUT2D eigenvalue weighted by molar-refractivity contribution is -0.305. The summed E-state index contributed by atoms with van der Waals surface area (Å²) in [7, 11) is 0. The first-order chi connectivity index (χ1) is 2.77. The Morgan fingerprint density at radius 2 is 1.36 bits per heavy atom. The molecular weight excluding hydrogens is 160 g/mol. The summed E-state index contributed by atoms with van der Waals surface area (Å²) in [5.41, 5.74) is 0. The van der Waals surface area contributed by atoms with Crippen LogP contribution < -0.4 is 5.11 Å². The molecule has 0 aliphatic rings. The van der Waals surface area contributed by atoms with Gasteiger partial charge in [-0.15, -0.1) is 0 Å². The maximum absolute atomic E-state index is 9.49. The van der Waals surface area contributed by atoms with Crippen molar-refractivity contribution in [3.8, 4) is 0 Å². The van der Waals surface area contributed by atoms with Gasteiger partial charge >= 0.3 is 0 Å². The van der Waals surface area contributed by atoms with Crippen LogP contribution in [-0.4, -0.2) is 33.4 Å². The number of hydrogen-bond acceptors (Lipinski definition) is 2. The average molecular weight is 177 g/mol. The molecule has 7 nitrogen and oxygen atoms in total. The van der Waals surface area contributed by atoms with Gasteiger partial charge in [0, 0.05) is 5.97 Å². The van der Waals surface area contributed by atoms with Gasteiger partial charge in [-0.25, -0.2) is 0 Å². The van der Waals surface area contributed by atoms with Gasteiger partial charge in [-0.1, -0.05) is 13.3 Å². The van der Waals surface area contributed by atoms with Gasteiger partial charge in [-0.05, 0) is 6.42 Å². The third-order valence-corrected chi connectivity index (χ3v) is 0.454. The molecule has 0 rings (SSSR count). The lowest BCUT2D eigenvalue weighted by Gasteiger charge is -1.92. The molecule has 0 unspecified atom stereocenters. The number of carbonyl (C=O) groups is 1. The fourth-order valence-electron chi connectivity index (χ4n) is 0.204. The first kappa shape index (κ1) is 48.4. The predicted octanol–water partition coefficient (Wildman–Crippen LogP) is -4.59. The van der Waals surface area contributed by atoms with E-state index in [0.29, 0.717) is 6.42 Å². The summed E-state index contributed by atoms with van der Waals surface area (Å²) >= 11 is 0. The lowest BCUT2D eigenvalue weighted by atomic mass is 10.4. The van der Waals surface area contributed by atoms with E-state index < -0.39 is 5.97 Å². The van der Waals surface area contributed by atoms with Gasteiger partial charge in [0.1, 0.15) is 0 Å². The summed E-state index contributed by atoms with van der Waals surface area (Å²) in [5.74, 6) is -0.961. The zero-order valence-electron chi connectivity index (χ0n) is 6.23. The molecule has 0 atom stereocenters. The first-order valence-electron chi connectivity index (χ1n) is 1.97. The monoisotopic (exact) mass is 177 g/mol. The normalized spacial score (nSPS) is 4.45. The first-order valence-corrected chi connectivity index (χ1v) is 1.97. The lowest BCUT2D eigenvalue weighted by Crippen LogP contribution is -2.20. The molecule has 0 aliphatic carbocycles. The quantitative estimate of drug-likeness (QED) is 0.409. The van der Waals surface area contributed by atoms with E-state index >= 15 is 0 Å². The highest BCUT2D eigenvalue weighted by Gasteiger charge is 1.75. The van der Waals surface area contributed by atoms with E-state index in [0.717, 1.165) is 0 Å². The van der Waals surface area contributed by atoms with Crippen LogP contribution in [0.1, 0.15) is 19.8 Å². The van der Waals surface area contributed by atoms with E-state index in [2.05, 4.69) is 0 Å². The summed E-state index contributed by atoms with van der Waals surface area (Å²) in [6.07, 6.45) is 0.850. The van der Waals surface area contributed by atoms with Gasteiger partial charge in [0.25, 0.3) is 0 Å². The maximum Gasteiger partial charge on any atom is 0.0414 e. The predicted molar refractivity (Wildman–Crippen MR) is 38.0 cm³/mol. The fourth-order valence-corrected chi connectivity index (χ4v) is 0.204. The number of carboxylic acid groups (broad SMARTS) is 1. The Hall–Kier alpha value is -0.730. The number of carboxylic acids is 1. The van der Waals surface area contributed by atoms with Crippen LogP contribution in [0.3, 0.4) is 0 Å². The Labute approximate surface area is 64.2 Å². The van der Waals surface area contributed by atoms with Crippen LogP contribution in [0.25, 0.3) is 0 Å². The Balaban J connectivity index is -0.0000000125. The molecule has 0 radical (unpaired) electrons. The van der Waals surface area contributed by atoms with Crippen LogP contribution in [0.2, 0.25) is 0 Å². The van der Waals surface area contributed by atoms with Crippen LogP contribution in [0, 0.1) is 0 Å². The molecule has 0 fully saturated rings. The third kappa shape index (κ3) is 95.1. The van der Waals surface area contributed by atoms with Crippen molar-refractivity contribution in [2.45, 2.75) is 19.8 Å². The van der Waals surface area contributed by atoms with Crippen molar-refractivity contribution in [1.29, 1.82) is 0 Å². The fraction of sp³-hybridized carbons (Fsp3) is 0.750. The summed E-state index contributed by atoms with van der Waals surface area (Å²) in [4.78, 5) is 9.49. The van der Waals surface area contributed by atoms with Crippen LogP contribution in [-0.2, 0) is 4.79 Å². The number of hydrogen-bond donors (Lipinski definition) is 0. The average Bonchev–Trinajstić information content (AvgIpc) is 1.35. The van der Waals surface area contributed by atoms with E-state index in [1.807, 2.05) is 0 Å². The SMILES string of the molecule is CCCC(=O)[O-].O.O.O.O.O. The van der Waals surface area contributed by atoms with Crippen molar-refractivity contribution in [2.24, 2.45) is 0 Å². The molecule has 0 aromatic heterocycles. The smallest absolute Gasteiger partial charge is 0.0414 e. The Morgan fingerprint density at radius 1 is 1.09 bits per heavy atom. The maximum atomic E-state index is 9.49. The van der Waals surface area contributed by atoms with E-state index in [1.165, 1.54) is 0 Å². The molecule has 0 amide bonds. The standard InChI is InChI=1S/C4H8O2.5H2O/c1-2-3-4(5)6;;;;;/h2-3H2,1H3,(H,5,6);5*1H2/p-1. The topological polar surface area (TPSA) is 198 Å². The Kier molecular flexibility index (Phi) is 153. The summed E-state index contributed by atoms with van der Waals surface area (Å²) in [6, 6.07) is 0. The van der Waals surface area contributed by atoms with Gasteiger partial charge in [0.15, 0.2) is 0 Å². The molecule has 0 aromatic carbocycles. The van der Waals surface area contributed by atoms with Gasteiger partial charge < -0.3 is 37.3 Å². The summed E-state index contributed by atoms with van der Waals surface area (Å²) in [6.45, 7) is 1.80. The summed E-state index contributed by atoms with van der Waals surface area (Å²) < 4.78 is 0. The molecule has 7 heteroatoms. The highest BCUT2D eigenvalue weighted by Crippen LogP contribution is 1.79. The van der Waals surface area contributed by atoms with Crippen LogP contribution >= 0.6 is 0 Å². The molecule has 10 N–H and O–H groups in total. The largest absolute Gasteiger partial charge is 0.550 e. The molecule has 0 saturated heterocycles. The van der Waals surface area contributed by atoms with E-state index in [4.69, 9.17) is 0 Å². The molecule has 0 heterocycles. The van der Waals surface area contributed by atoms with Gasteiger partial charge in [-0.2, -0.15) is 0 Å². The van der Waals surface area contributed by atoms with Crippen molar-refractivity contribution in [3.63, 3.8) is 0 Å². The zero-order valence-corrected chi connectivity index (χ0v) is 6.23. The van der Waals surface area contributed by atoms with Crippen molar-refractivity contribution < 1.29 is 37.3 Å². The van der Waals surface area contributed by atoms with Crippen LogP contribution in [0.15, 0.2) is 0 Å². The second kappa shape index (κ2) is 34.8. The number of carbonyl (C=O) groups excluding carboxylic acids is 1. The minimum absolute atomic E-state index is 0. The molecule has 0 bridgehead atoms. The highest BCUT2D eigenvalue weighted by molar-refractivity contribution is 5.63. The number of rotatable bonds is 2. The van der Waals surface area contributed by atoms with Crippen molar-refractivity contribution >= 4 is 5.97 Å². The van der Waals surface area contributed by atoms with Gasteiger partial charge in [-0.3, -0.25) is 0 Å². The second-order valence-electron chi connectivity index (χ2n) is 1.12. The third-order valence-electron chi connectivity index (χ3n) is 0.454.